The van der Waals surface area contributed by atoms with Gasteiger partial charge in [-0.15, -0.1) is 0 Å². The first-order valence-electron chi connectivity index (χ1n) is 13.7. The van der Waals surface area contributed by atoms with Gasteiger partial charge in [0.25, 0.3) is 5.78 Å². The van der Waals surface area contributed by atoms with E-state index >= 15 is 8.63 Å². The SMILES string of the molecule is CN(C)c1ccc(/C(=C\c2ccccc2)C2=CC(/C(=C/c3ccccc3)c3ccc(N(C)C)cc3)=[O+][B-](F)(F)O2)cc1. The van der Waals surface area contributed by atoms with E-state index in [2.05, 4.69) is 0 Å². The van der Waals surface area contributed by atoms with E-state index in [1.165, 1.54) is 0 Å². The number of halogens is 2. The summed E-state index contributed by atoms with van der Waals surface area (Å²) in [5.41, 5.74) is 6.24. The first-order valence-corrected chi connectivity index (χ1v) is 13.7. The highest BCUT2D eigenvalue weighted by molar-refractivity contribution is 6.52. The Balaban J connectivity index is 1.67. The molecule has 0 spiro atoms. The van der Waals surface area contributed by atoms with Crippen molar-refractivity contribution in [3.8, 4) is 0 Å². The van der Waals surface area contributed by atoms with Gasteiger partial charge in [0, 0.05) is 45.1 Å². The summed E-state index contributed by atoms with van der Waals surface area (Å²) in [4.78, 5) is 3.97. The number of benzene rings is 4. The van der Waals surface area contributed by atoms with E-state index in [1.54, 1.807) is 6.08 Å². The molecule has 0 radical (unpaired) electrons. The molecule has 1 heterocycles. The maximum Gasteiger partial charge on any atom is 0.995 e. The zero-order valence-electron chi connectivity index (χ0n) is 24.2. The minimum absolute atomic E-state index is 0.0339. The number of rotatable bonds is 8. The molecule has 7 heteroatoms. The van der Waals surface area contributed by atoms with E-state index in [0.717, 1.165) is 33.6 Å². The van der Waals surface area contributed by atoms with Crippen LogP contribution in [0, 0.1) is 0 Å². The van der Waals surface area contributed by atoms with Gasteiger partial charge in [0.15, 0.2) is 0 Å². The Hall–Kier alpha value is -4.91. The van der Waals surface area contributed by atoms with Gasteiger partial charge in [0.1, 0.15) is 0 Å². The van der Waals surface area contributed by atoms with Crippen molar-refractivity contribution in [3.05, 3.63) is 143 Å². The minimum atomic E-state index is -4.66. The largest absolute Gasteiger partial charge is 0.995 e. The van der Waals surface area contributed by atoms with Crippen molar-refractivity contribution in [3.63, 3.8) is 0 Å². The van der Waals surface area contributed by atoms with Crippen LogP contribution in [-0.4, -0.2) is 41.1 Å². The van der Waals surface area contributed by atoms with Crippen molar-refractivity contribution >= 4 is 47.6 Å². The minimum Gasteiger partial charge on any atom is -0.569 e. The smallest absolute Gasteiger partial charge is 0.569 e. The van der Waals surface area contributed by atoms with Gasteiger partial charge in [-0.25, -0.2) is 0 Å². The molecule has 0 bridgehead atoms. The summed E-state index contributed by atoms with van der Waals surface area (Å²) < 4.78 is 41.3. The second kappa shape index (κ2) is 12.3. The molecule has 0 atom stereocenters. The number of nitrogens with zero attached hydrogens (tertiary/aromatic N) is 2. The van der Waals surface area contributed by atoms with Gasteiger partial charge < -0.3 is 27.4 Å². The van der Waals surface area contributed by atoms with E-state index < -0.39 is 7.11 Å². The first-order chi connectivity index (χ1) is 20.2. The van der Waals surface area contributed by atoms with Crippen LogP contribution in [0.1, 0.15) is 22.3 Å². The molecule has 0 aliphatic carbocycles. The second-order valence-electron chi connectivity index (χ2n) is 10.5. The Kier molecular flexibility index (Phi) is 8.39. The quantitative estimate of drug-likeness (QED) is 0.0943. The highest BCUT2D eigenvalue weighted by Gasteiger charge is 2.53. The van der Waals surface area contributed by atoms with Crippen molar-refractivity contribution in [1.82, 2.24) is 0 Å². The van der Waals surface area contributed by atoms with Crippen LogP contribution < -0.4 is 9.80 Å². The number of hydrogen-bond donors (Lipinski definition) is 0. The summed E-state index contributed by atoms with van der Waals surface area (Å²) >= 11 is 0. The van der Waals surface area contributed by atoms with E-state index in [-0.39, 0.29) is 11.5 Å². The van der Waals surface area contributed by atoms with Crippen LogP contribution in [0.4, 0.5) is 20.0 Å². The molecule has 0 aromatic heterocycles. The third kappa shape index (κ3) is 6.86. The average molecular weight is 562 g/mol. The molecule has 4 aromatic rings. The van der Waals surface area contributed by atoms with Crippen molar-refractivity contribution in [2.45, 2.75) is 0 Å². The standard InChI is InChI=1S/C35H33BF2N2O2/c1-39(2)30-19-15-28(16-20-30)32(23-26-11-7-5-8-12-26)34-25-35(42-36(37,38)41-34)33(24-27-13-9-6-10-14-27)29-17-21-31(22-18-29)40(3)4/h5-25H,1-4H3/b32-23+,33-24+. The van der Waals surface area contributed by atoms with Crippen LogP contribution in [0.3, 0.4) is 0 Å². The molecule has 1 aliphatic heterocycles. The molecule has 4 nitrogen and oxygen atoms in total. The predicted molar refractivity (Wildman–Crippen MR) is 172 cm³/mol. The number of ketones is 1. The molecule has 4 aromatic carbocycles. The normalized spacial score (nSPS) is 14.9. The monoisotopic (exact) mass is 562 g/mol. The van der Waals surface area contributed by atoms with Gasteiger partial charge in [0.05, 0.1) is 17.4 Å². The zero-order valence-corrected chi connectivity index (χ0v) is 24.2. The Labute approximate surface area is 246 Å². The van der Waals surface area contributed by atoms with E-state index in [0.29, 0.717) is 11.1 Å². The molecule has 0 saturated heterocycles. The molecule has 1 aliphatic rings. The lowest BCUT2D eigenvalue weighted by Gasteiger charge is -2.23. The fraction of sp³-hybridized carbons (Fsp3) is 0.114. The molecule has 0 saturated carbocycles. The number of carbonyl (C=O) groups excluding carboxylic acids is 1. The van der Waals surface area contributed by atoms with Crippen LogP contribution in [-0.2, 0) is 9.00 Å². The summed E-state index contributed by atoms with van der Waals surface area (Å²) in [7, 11) is 3.16. The summed E-state index contributed by atoms with van der Waals surface area (Å²) in [6, 6.07) is 34.6. The topological polar surface area (TPSA) is 27.0 Å². The fourth-order valence-corrected chi connectivity index (χ4v) is 4.69. The van der Waals surface area contributed by atoms with Crippen LogP contribution in [0.5, 0.6) is 0 Å². The molecule has 5 rings (SSSR count). The highest BCUT2D eigenvalue weighted by Crippen LogP contribution is 2.35. The summed E-state index contributed by atoms with van der Waals surface area (Å²) in [6.45, 7) is 0. The second-order valence-corrected chi connectivity index (χ2v) is 10.5. The summed E-state index contributed by atoms with van der Waals surface area (Å²) in [5, 5.41) is 0. The zero-order chi connectivity index (χ0) is 29.7. The summed E-state index contributed by atoms with van der Waals surface area (Å²) in [5.74, 6) is 0.0677. The van der Waals surface area contributed by atoms with E-state index in [1.807, 2.05) is 159 Å². The maximum absolute atomic E-state index is 15.4. The van der Waals surface area contributed by atoms with Gasteiger partial charge in [-0.05, 0) is 58.7 Å². The summed E-state index contributed by atoms with van der Waals surface area (Å²) in [6.07, 6.45) is 5.29. The van der Waals surface area contributed by atoms with Gasteiger partial charge in [-0.1, -0.05) is 84.9 Å². The first kappa shape index (κ1) is 28.6. The van der Waals surface area contributed by atoms with Crippen LogP contribution in [0.25, 0.3) is 23.3 Å². The Morgan fingerprint density at radius 2 is 1.05 bits per heavy atom. The van der Waals surface area contributed by atoms with Crippen LogP contribution in [0.15, 0.2) is 121 Å². The molecular weight excluding hydrogens is 529 g/mol. The highest BCUT2D eigenvalue weighted by atomic mass is 19.3. The molecule has 0 unspecified atom stereocenters. The predicted octanol–water partition coefficient (Wildman–Crippen LogP) is 7.99. The lowest BCUT2D eigenvalue weighted by atomic mass is 9.93. The third-order valence-electron chi connectivity index (χ3n) is 6.93. The molecule has 42 heavy (non-hydrogen) atoms. The van der Waals surface area contributed by atoms with E-state index in [9.17, 15) is 0 Å². The van der Waals surface area contributed by atoms with Crippen molar-refractivity contribution < 1.29 is 17.6 Å². The van der Waals surface area contributed by atoms with Gasteiger partial charge in [0.2, 0.25) is 0 Å². The molecule has 0 fully saturated rings. The lowest BCUT2D eigenvalue weighted by molar-refractivity contribution is -0.362. The van der Waals surface area contributed by atoms with Gasteiger partial charge in [-0.3, -0.25) is 0 Å². The van der Waals surface area contributed by atoms with E-state index in [4.69, 9.17) is 9.00 Å². The van der Waals surface area contributed by atoms with Gasteiger partial charge >= 0.3 is 7.11 Å². The van der Waals surface area contributed by atoms with Crippen molar-refractivity contribution in [1.29, 1.82) is 0 Å². The maximum atomic E-state index is 15.4. The van der Waals surface area contributed by atoms with Crippen molar-refractivity contribution in [2.24, 2.45) is 0 Å². The molecule has 212 valence electrons. The lowest BCUT2D eigenvalue weighted by Crippen LogP contribution is -2.35. The number of hydrogen-bond acceptors (Lipinski definition) is 3. The van der Waals surface area contributed by atoms with Crippen LogP contribution in [0.2, 0.25) is 0 Å². The molecule has 0 N–H and O–H groups in total. The Morgan fingerprint density at radius 1 is 0.619 bits per heavy atom. The fourth-order valence-electron chi connectivity index (χ4n) is 4.69. The van der Waals surface area contributed by atoms with Crippen LogP contribution >= 0.6 is 0 Å². The van der Waals surface area contributed by atoms with Crippen molar-refractivity contribution in [2.75, 3.05) is 38.0 Å². The molecular formula is C35H33BF2N2O2. The number of allylic oxidation sites excluding steroid dienone is 3. The Morgan fingerprint density at radius 3 is 1.50 bits per heavy atom. The molecule has 0 amide bonds. The average Bonchev–Trinajstić information content (AvgIpc) is 2.99. The third-order valence-corrected chi connectivity index (χ3v) is 6.93. The number of anilines is 2. The Bertz CT molecular complexity index is 1640. The van der Waals surface area contributed by atoms with Gasteiger partial charge in [-0.2, -0.15) is 0 Å².